The van der Waals surface area contributed by atoms with Gasteiger partial charge < -0.3 is 10.2 Å². The van der Waals surface area contributed by atoms with E-state index in [0.29, 0.717) is 65.6 Å². The van der Waals surface area contributed by atoms with Gasteiger partial charge in [0.1, 0.15) is 5.69 Å². The minimum atomic E-state index is -0.418. The van der Waals surface area contributed by atoms with E-state index in [1.165, 1.54) is 6.07 Å². The molecular weight excluding hydrogens is 439 g/mol. The largest absolute Gasteiger partial charge is 0.363 e. The SMILES string of the molecule is O=C(CCN1CCN(c2ccc(Cl)cc2[N+](=O)[O-])CC1)Nc1cc(Cl)ccc1Cl. The lowest BCUT2D eigenvalue weighted by atomic mass is 10.2. The second-order valence-corrected chi connectivity index (χ2v) is 7.92. The fourth-order valence-corrected chi connectivity index (χ4v) is 3.69. The summed E-state index contributed by atoms with van der Waals surface area (Å²) >= 11 is 17.9. The molecule has 0 atom stereocenters. The number of carbonyl (C=O) groups is 1. The van der Waals surface area contributed by atoms with Crippen molar-refractivity contribution in [3.8, 4) is 0 Å². The molecule has 1 saturated heterocycles. The van der Waals surface area contributed by atoms with E-state index in [9.17, 15) is 14.9 Å². The molecule has 1 aliphatic rings. The standard InChI is InChI=1S/C19H19Cl3N4O3/c20-13-1-3-15(22)16(11-13)23-19(27)5-6-24-7-9-25(10-8-24)17-4-2-14(21)12-18(17)26(28)29/h1-4,11-12H,5-10H2,(H,23,27). The van der Waals surface area contributed by atoms with Crippen LogP contribution in [-0.4, -0.2) is 48.5 Å². The topological polar surface area (TPSA) is 78.7 Å². The minimum absolute atomic E-state index is 0.00345. The zero-order valence-electron chi connectivity index (χ0n) is 15.4. The zero-order valence-corrected chi connectivity index (χ0v) is 17.7. The van der Waals surface area contributed by atoms with E-state index >= 15 is 0 Å². The average molecular weight is 458 g/mol. The molecule has 1 amide bonds. The molecule has 0 radical (unpaired) electrons. The van der Waals surface area contributed by atoms with Gasteiger partial charge in [0.15, 0.2) is 0 Å². The molecule has 1 fully saturated rings. The van der Waals surface area contributed by atoms with Gasteiger partial charge in [-0.15, -0.1) is 0 Å². The highest BCUT2D eigenvalue weighted by Gasteiger charge is 2.24. The van der Waals surface area contributed by atoms with Gasteiger partial charge in [0.25, 0.3) is 5.69 Å². The Morgan fingerprint density at radius 1 is 1.03 bits per heavy atom. The summed E-state index contributed by atoms with van der Waals surface area (Å²) in [7, 11) is 0. The molecule has 7 nitrogen and oxygen atoms in total. The Morgan fingerprint density at radius 3 is 2.38 bits per heavy atom. The summed E-state index contributed by atoms with van der Waals surface area (Å²) in [5.41, 5.74) is 1.06. The van der Waals surface area contributed by atoms with Crippen LogP contribution >= 0.6 is 34.8 Å². The van der Waals surface area contributed by atoms with Gasteiger partial charge in [0.2, 0.25) is 5.91 Å². The second-order valence-electron chi connectivity index (χ2n) is 6.64. The van der Waals surface area contributed by atoms with Gasteiger partial charge in [-0.2, -0.15) is 0 Å². The number of amides is 1. The van der Waals surface area contributed by atoms with Crippen LogP contribution in [0.3, 0.4) is 0 Å². The molecule has 154 valence electrons. The number of rotatable bonds is 6. The van der Waals surface area contributed by atoms with Crippen molar-refractivity contribution >= 4 is 57.8 Å². The molecule has 2 aromatic carbocycles. The maximum Gasteiger partial charge on any atom is 0.294 e. The maximum atomic E-state index is 12.2. The number of carbonyl (C=O) groups excluding carboxylic acids is 1. The monoisotopic (exact) mass is 456 g/mol. The van der Waals surface area contributed by atoms with Gasteiger partial charge in [0, 0.05) is 55.3 Å². The second kappa shape index (κ2) is 9.63. The molecule has 3 rings (SSSR count). The number of piperazine rings is 1. The van der Waals surface area contributed by atoms with E-state index in [1.807, 2.05) is 4.90 Å². The molecular formula is C19H19Cl3N4O3. The first-order valence-electron chi connectivity index (χ1n) is 8.99. The molecule has 0 aliphatic carbocycles. The van der Waals surface area contributed by atoms with Crippen molar-refractivity contribution in [1.29, 1.82) is 0 Å². The Labute approximate surface area is 183 Å². The van der Waals surface area contributed by atoms with Crippen molar-refractivity contribution in [3.63, 3.8) is 0 Å². The first-order valence-corrected chi connectivity index (χ1v) is 10.1. The van der Waals surface area contributed by atoms with Crippen LogP contribution in [0, 0.1) is 10.1 Å². The van der Waals surface area contributed by atoms with E-state index in [2.05, 4.69) is 10.2 Å². The van der Waals surface area contributed by atoms with Crippen LogP contribution in [0.25, 0.3) is 0 Å². The van der Waals surface area contributed by atoms with Crippen LogP contribution < -0.4 is 10.2 Å². The average Bonchev–Trinajstić information content (AvgIpc) is 2.69. The number of hydrogen-bond acceptors (Lipinski definition) is 5. The Kier molecular flexibility index (Phi) is 7.18. The van der Waals surface area contributed by atoms with Crippen molar-refractivity contribution in [2.24, 2.45) is 0 Å². The number of nitro groups is 1. The number of nitro benzene ring substituents is 1. The first kappa shape index (κ1) is 21.6. The summed E-state index contributed by atoms with van der Waals surface area (Å²) in [4.78, 5) is 27.2. The third-order valence-corrected chi connectivity index (χ3v) is 5.50. The Hall–Kier alpha value is -2.06. The van der Waals surface area contributed by atoms with Gasteiger partial charge in [-0.25, -0.2) is 0 Å². The molecule has 0 bridgehead atoms. The third-order valence-electron chi connectivity index (χ3n) is 4.70. The molecule has 0 aromatic heterocycles. The molecule has 1 heterocycles. The van der Waals surface area contributed by atoms with Crippen LogP contribution in [0.5, 0.6) is 0 Å². The number of benzene rings is 2. The summed E-state index contributed by atoms with van der Waals surface area (Å²) in [6, 6.07) is 9.60. The first-order chi connectivity index (χ1) is 13.8. The van der Waals surface area contributed by atoms with E-state index in [0.717, 1.165) is 0 Å². The highest BCUT2D eigenvalue weighted by atomic mass is 35.5. The molecule has 2 aromatic rings. The number of nitrogens with zero attached hydrogens (tertiary/aromatic N) is 3. The van der Waals surface area contributed by atoms with Crippen molar-refractivity contribution in [2.45, 2.75) is 6.42 Å². The lowest BCUT2D eigenvalue weighted by Crippen LogP contribution is -2.47. The highest BCUT2D eigenvalue weighted by Crippen LogP contribution is 2.31. The van der Waals surface area contributed by atoms with Crippen LogP contribution in [0.4, 0.5) is 17.1 Å². The Morgan fingerprint density at radius 2 is 1.69 bits per heavy atom. The van der Waals surface area contributed by atoms with Gasteiger partial charge in [-0.05, 0) is 30.3 Å². The summed E-state index contributed by atoms with van der Waals surface area (Å²) in [5, 5.41) is 15.3. The summed E-state index contributed by atoms with van der Waals surface area (Å²) in [6.45, 7) is 3.24. The fourth-order valence-electron chi connectivity index (χ4n) is 3.19. The summed E-state index contributed by atoms with van der Waals surface area (Å²) in [5.74, 6) is -0.148. The highest BCUT2D eigenvalue weighted by molar-refractivity contribution is 6.35. The van der Waals surface area contributed by atoms with Crippen molar-refractivity contribution in [1.82, 2.24) is 4.90 Å². The van der Waals surface area contributed by atoms with Crippen LogP contribution in [0.15, 0.2) is 36.4 Å². The number of halogens is 3. The van der Waals surface area contributed by atoms with E-state index in [1.54, 1.807) is 30.3 Å². The Balaban J connectivity index is 1.51. The molecule has 0 saturated carbocycles. The van der Waals surface area contributed by atoms with Crippen molar-refractivity contribution < 1.29 is 9.72 Å². The molecule has 1 N–H and O–H groups in total. The van der Waals surface area contributed by atoms with Crippen molar-refractivity contribution in [2.75, 3.05) is 42.9 Å². The smallest absolute Gasteiger partial charge is 0.294 e. The number of hydrogen-bond donors (Lipinski definition) is 1. The molecule has 10 heteroatoms. The predicted octanol–water partition coefficient (Wildman–Crippen LogP) is 4.71. The van der Waals surface area contributed by atoms with Crippen LogP contribution in [0.1, 0.15) is 6.42 Å². The predicted molar refractivity (Wildman–Crippen MR) is 116 cm³/mol. The molecule has 0 spiro atoms. The minimum Gasteiger partial charge on any atom is -0.363 e. The maximum absolute atomic E-state index is 12.2. The summed E-state index contributed by atoms with van der Waals surface area (Å²) < 4.78 is 0. The Bertz CT molecular complexity index is 918. The van der Waals surface area contributed by atoms with Gasteiger partial charge in [-0.1, -0.05) is 34.8 Å². The number of nitrogens with one attached hydrogen (secondary N) is 1. The summed E-state index contributed by atoms with van der Waals surface area (Å²) in [6.07, 6.45) is 0.309. The van der Waals surface area contributed by atoms with Crippen LogP contribution in [-0.2, 0) is 4.79 Å². The van der Waals surface area contributed by atoms with Gasteiger partial charge in [0.05, 0.1) is 15.6 Å². The van der Waals surface area contributed by atoms with E-state index in [4.69, 9.17) is 34.8 Å². The fraction of sp³-hybridized carbons (Fsp3) is 0.316. The van der Waals surface area contributed by atoms with Crippen LogP contribution in [0.2, 0.25) is 15.1 Å². The number of anilines is 2. The van der Waals surface area contributed by atoms with Gasteiger partial charge in [-0.3, -0.25) is 19.8 Å². The quantitative estimate of drug-likeness (QED) is 0.502. The lowest BCUT2D eigenvalue weighted by Gasteiger charge is -2.35. The lowest BCUT2D eigenvalue weighted by molar-refractivity contribution is -0.384. The van der Waals surface area contributed by atoms with Gasteiger partial charge >= 0.3 is 0 Å². The normalized spacial score (nSPS) is 14.7. The van der Waals surface area contributed by atoms with Crippen molar-refractivity contribution in [3.05, 3.63) is 61.6 Å². The van der Waals surface area contributed by atoms with E-state index in [-0.39, 0.29) is 11.6 Å². The molecule has 1 aliphatic heterocycles. The third kappa shape index (κ3) is 5.73. The molecule has 0 unspecified atom stereocenters. The zero-order chi connectivity index (χ0) is 21.0. The van der Waals surface area contributed by atoms with E-state index < -0.39 is 4.92 Å². The molecule has 29 heavy (non-hydrogen) atoms.